The third-order valence-corrected chi connectivity index (χ3v) is 3.39. The lowest BCUT2D eigenvalue weighted by atomic mass is 10.1. The molecule has 0 aliphatic heterocycles. The second kappa shape index (κ2) is 4.72. The number of para-hydroxylation sites is 1. The Hall–Kier alpha value is -1.77. The van der Waals surface area contributed by atoms with Gasteiger partial charge >= 0.3 is 0 Å². The Morgan fingerprint density at radius 3 is 2.26 bits per heavy atom. The van der Waals surface area contributed by atoms with E-state index in [2.05, 4.69) is 0 Å². The second-order valence-corrected chi connectivity index (χ2v) is 5.10. The van der Waals surface area contributed by atoms with E-state index >= 15 is 0 Å². The molecule has 1 aromatic heterocycles. The summed E-state index contributed by atoms with van der Waals surface area (Å²) in [5.74, 6) is 0. The van der Waals surface area contributed by atoms with Crippen LogP contribution < -0.4 is 4.73 Å². The van der Waals surface area contributed by atoms with E-state index in [1.165, 1.54) is 0 Å². The molecule has 0 atom stereocenters. The molecule has 0 aliphatic carbocycles. The van der Waals surface area contributed by atoms with Gasteiger partial charge in [0.2, 0.25) is 11.2 Å². The topological polar surface area (TPSA) is 26.9 Å². The molecule has 3 aromatic rings. The van der Waals surface area contributed by atoms with Gasteiger partial charge in [-0.2, -0.15) is 4.73 Å². The molecule has 2 nitrogen and oxygen atoms in total. The molecule has 3 rings (SSSR count). The zero-order chi connectivity index (χ0) is 13.4. The molecule has 4 heteroatoms. The fourth-order valence-corrected chi connectivity index (χ4v) is 2.62. The number of hydrogen-bond acceptors (Lipinski definition) is 1. The number of aromatic nitrogens is 1. The zero-order valence-corrected chi connectivity index (χ0v) is 11.3. The minimum absolute atomic E-state index is 0.510. The molecule has 0 aliphatic rings. The lowest BCUT2D eigenvalue weighted by Gasteiger charge is -2.08. The van der Waals surface area contributed by atoms with Crippen LogP contribution in [0.4, 0.5) is 0 Å². The molecule has 0 N–H and O–H groups in total. The van der Waals surface area contributed by atoms with Gasteiger partial charge in [0.1, 0.15) is 0 Å². The summed E-state index contributed by atoms with van der Waals surface area (Å²) in [5.41, 5.74) is 1.86. The molecule has 0 fully saturated rings. The van der Waals surface area contributed by atoms with Crippen molar-refractivity contribution >= 4 is 34.1 Å². The van der Waals surface area contributed by atoms with Crippen LogP contribution in [0.5, 0.6) is 0 Å². The largest absolute Gasteiger partial charge is 0.618 e. The predicted molar refractivity (Wildman–Crippen MR) is 78.4 cm³/mol. The highest BCUT2D eigenvalue weighted by atomic mass is 35.5. The quantitative estimate of drug-likeness (QED) is 0.480. The molecule has 0 spiro atoms. The number of benzene rings is 2. The molecule has 94 valence electrons. The number of fused-ring (bicyclic) bond motifs is 1. The Morgan fingerprint density at radius 1 is 0.842 bits per heavy atom. The second-order valence-electron chi connectivity index (χ2n) is 4.23. The molecular weight excluding hydrogens is 281 g/mol. The van der Waals surface area contributed by atoms with E-state index < -0.39 is 0 Å². The first-order chi connectivity index (χ1) is 9.15. The summed E-state index contributed by atoms with van der Waals surface area (Å²) in [6.45, 7) is 0. The van der Waals surface area contributed by atoms with Crippen LogP contribution in [0.2, 0.25) is 10.0 Å². The molecule has 0 saturated carbocycles. The van der Waals surface area contributed by atoms with E-state index in [0.717, 1.165) is 10.1 Å². The first-order valence-corrected chi connectivity index (χ1v) is 6.48. The zero-order valence-electron chi connectivity index (χ0n) is 9.81. The molecule has 1 heterocycles. The molecule has 0 saturated heterocycles. The minimum Gasteiger partial charge on any atom is -0.618 e. The Bertz CT molecular complexity index is 751. The van der Waals surface area contributed by atoms with E-state index in [-0.39, 0.29) is 0 Å². The first-order valence-electron chi connectivity index (χ1n) is 5.73. The summed E-state index contributed by atoms with van der Waals surface area (Å²) in [6, 6.07) is 16.2. The molecule has 2 aromatic carbocycles. The highest BCUT2D eigenvalue weighted by Gasteiger charge is 2.13. The average Bonchev–Trinajstić information content (AvgIpc) is 2.38. The number of halogens is 2. The summed E-state index contributed by atoms with van der Waals surface area (Å²) in [6.07, 6.45) is 0. The van der Waals surface area contributed by atoms with E-state index in [4.69, 9.17) is 23.2 Å². The van der Waals surface area contributed by atoms with Crippen LogP contribution in [0.1, 0.15) is 0 Å². The van der Waals surface area contributed by atoms with Crippen molar-refractivity contribution in [3.05, 3.63) is 69.8 Å². The van der Waals surface area contributed by atoms with Crippen molar-refractivity contribution in [1.82, 2.24) is 0 Å². The van der Waals surface area contributed by atoms with Crippen molar-refractivity contribution in [2.24, 2.45) is 0 Å². The van der Waals surface area contributed by atoms with Crippen molar-refractivity contribution in [1.29, 1.82) is 0 Å². The standard InChI is InChI=1S/C15H9Cl2NO/c16-12-7-11(8-13(17)9-12)15-6-5-10-3-1-2-4-14(10)18(15)19/h1-9H. The Morgan fingerprint density at radius 2 is 1.53 bits per heavy atom. The fraction of sp³-hybridized carbons (Fsp3) is 0. The summed E-state index contributed by atoms with van der Waals surface area (Å²) in [7, 11) is 0. The van der Waals surface area contributed by atoms with Gasteiger partial charge in [-0.3, -0.25) is 0 Å². The van der Waals surface area contributed by atoms with E-state index in [0.29, 0.717) is 26.8 Å². The minimum atomic E-state index is 0.510. The highest BCUT2D eigenvalue weighted by molar-refractivity contribution is 6.35. The van der Waals surface area contributed by atoms with Gasteiger partial charge in [-0.25, -0.2) is 0 Å². The van der Waals surface area contributed by atoms with Gasteiger partial charge in [-0.15, -0.1) is 0 Å². The van der Waals surface area contributed by atoms with Crippen LogP contribution in [0.15, 0.2) is 54.6 Å². The van der Waals surface area contributed by atoms with Gasteiger partial charge in [0.05, 0.1) is 5.56 Å². The molecule has 19 heavy (non-hydrogen) atoms. The van der Waals surface area contributed by atoms with Gasteiger partial charge in [0.15, 0.2) is 0 Å². The van der Waals surface area contributed by atoms with Crippen molar-refractivity contribution in [3.63, 3.8) is 0 Å². The van der Waals surface area contributed by atoms with Crippen LogP contribution in [0.3, 0.4) is 0 Å². The maximum absolute atomic E-state index is 12.4. The van der Waals surface area contributed by atoms with Crippen molar-refractivity contribution in [2.45, 2.75) is 0 Å². The van der Waals surface area contributed by atoms with E-state index in [1.807, 2.05) is 24.3 Å². The first kappa shape index (κ1) is 12.3. The number of nitrogens with zero attached hydrogens (tertiary/aromatic N) is 1. The van der Waals surface area contributed by atoms with Crippen LogP contribution in [-0.4, -0.2) is 0 Å². The van der Waals surface area contributed by atoms with Gasteiger partial charge in [0.25, 0.3) is 0 Å². The Balaban J connectivity index is 2.28. The molecule has 0 amide bonds. The van der Waals surface area contributed by atoms with E-state index in [9.17, 15) is 5.21 Å². The van der Waals surface area contributed by atoms with Crippen molar-refractivity contribution < 1.29 is 4.73 Å². The van der Waals surface area contributed by atoms with Crippen molar-refractivity contribution in [3.8, 4) is 11.3 Å². The Kier molecular flexibility index (Phi) is 3.05. The van der Waals surface area contributed by atoms with Crippen molar-refractivity contribution in [2.75, 3.05) is 0 Å². The predicted octanol–water partition coefficient (Wildman–Crippen LogP) is 4.45. The highest BCUT2D eigenvalue weighted by Crippen LogP contribution is 2.26. The van der Waals surface area contributed by atoms with Crippen LogP contribution >= 0.6 is 23.2 Å². The molecule has 0 unspecified atom stereocenters. The summed E-state index contributed by atoms with van der Waals surface area (Å²) >= 11 is 11.9. The summed E-state index contributed by atoms with van der Waals surface area (Å²) in [4.78, 5) is 0. The van der Waals surface area contributed by atoms with Gasteiger partial charge < -0.3 is 5.21 Å². The van der Waals surface area contributed by atoms with Crippen LogP contribution in [-0.2, 0) is 0 Å². The summed E-state index contributed by atoms with van der Waals surface area (Å²) in [5, 5.41) is 14.3. The third-order valence-electron chi connectivity index (χ3n) is 2.95. The van der Waals surface area contributed by atoms with Gasteiger partial charge in [-0.1, -0.05) is 35.3 Å². The summed E-state index contributed by atoms with van der Waals surface area (Å²) < 4.78 is 0.900. The molecule has 0 bridgehead atoms. The smallest absolute Gasteiger partial charge is 0.224 e. The van der Waals surface area contributed by atoms with Crippen LogP contribution in [0, 0.1) is 5.21 Å². The molecule has 0 radical (unpaired) electrons. The lowest BCUT2D eigenvalue weighted by molar-refractivity contribution is -0.565. The SMILES string of the molecule is [O-][n+]1c(-c2cc(Cl)cc(Cl)c2)ccc2ccccc21. The lowest BCUT2D eigenvalue weighted by Crippen LogP contribution is -2.29. The fourth-order valence-electron chi connectivity index (χ4n) is 2.09. The Labute approximate surface area is 120 Å². The number of hydrogen-bond donors (Lipinski definition) is 0. The monoisotopic (exact) mass is 289 g/mol. The maximum atomic E-state index is 12.4. The maximum Gasteiger partial charge on any atom is 0.224 e. The number of pyridine rings is 1. The normalized spacial score (nSPS) is 10.8. The third kappa shape index (κ3) is 2.25. The van der Waals surface area contributed by atoms with Gasteiger partial charge in [-0.05, 0) is 30.3 Å². The van der Waals surface area contributed by atoms with Crippen LogP contribution in [0.25, 0.3) is 22.2 Å². The average molecular weight is 290 g/mol. The molecular formula is C15H9Cl2NO. The number of rotatable bonds is 1. The van der Waals surface area contributed by atoms with Gasteiger partial charge in [0, 0.05) is 27.6 Å². The van der Waals surface area contributed by atoms with E-state index in [1.54, 1.807) is 30.3 Å².